The van der Waals surface area contributed by atoms with Crippen LogP contribution in [0.1, 0.15) is 51.6 Å². The first-order valence-electron chi connectivity index (χ1n) is 10.4. The zero-order valence-corrected chi connectivity index (χ0v) is 18.6. The topological polar surface area (TPSA) is 84.7 Å². The largest absolute Gasteiger partial charge is 0.379 e. The van der Waals surface area contributed by atoms with Crippen LogP contribution >= 0.6 is 12.4 Å². The molecule has 0 aromatic heterocycles. The van der Waals surface area contributed by atoms with E-state index in [2.05, 4.69) is 5.32 Å². The van der Waals surface area contributed by atoms with E-state index in [0.717, 1.165) is 12.0 Å². The normalized spacial score (nSPS) is 16.8. The summed E-state index contributed by atoms with van der Waals surface area (Å²) in [4.78, 5) is 27.0. The van der Waals surface area contributed by atoms with Gasteiger partial charge in [0.2, 0.25) is 11.8 Å². The van der Waals surface area contributed by atoms with Gasteiger partial charge in [0, 0.05) is 38.2 Å². The minimum Gasteiger partial charge on any atom is -0.379 e. The predicted molar refractivity (Wildman–Crippen MR) is 118 cm³/mol. The lowest BCUT2D eigenvalue weighted by Gasteiger charge is -2.34. The number of nitrogens with one attached hydrogen (secondary N) is 1. The van der Waals surface area contributed by atoms with Crippen molar-refractivity contribution in [2.24, 2.45) is 17.6 Å². The number of piperidine rings is 1. The highest BCUT2D eigenvalue weighted by Gasteiger charge is 2.31. The van der Waals surface area contributed by atoms with Gasteiger partial charge in [-0.2, -0.15) is 0 Å². The van der Waals surface area contributed by atoms with Gasteiger partial charge < -0.3 is 20.7 Å². The molecule has 6 nitrogen and oxygen atoms in total. The highest BCUT2D eigenvalue weighted by molar-refractivity contribution is 5.85. The number of nitrogens with two attached hydrogens (primary N) is 1. The molecule has 164 valence electrons. The van der Waals surface area contributed by atoms with Crippen molar-refractivity contribution in [3.05, 3.63) is 35.9 Å². The quantitative estimate of drug-likeness (QED) is 0.596. The molecule has 2 atom stereocenters. The van der Waals surface area contributed by atoms with Gasteiger partial charge in [-0.15, -0.1) is 12.4 Å². The van der Waals surface area contributed by atoms with Gasteiger partial charge in [-0.3, -0.25) is 9.59 Å². The minimum atomic E-state index is -0.317. The van der Waals surface area contributed by atoms with Crippen LogP contribution in [0.5, 0.6) is 0 Å². The average Bonchev–Trinajstić information content (AvgIpc) is 2.72. The Morgan fingerprint density at radius 2 is 1.79 bits per heavy atom. The van der Waals surface area contributed by atoms with Gasteiger partial charge >= 0.3 is 0 Å². The lowest BCUT2D eigenvalue weighted by molar-refractivity contribution is -0.139. The van der Waals surface area contributed by atoms with E-state index >= 15 is 0 Å². The highest BCUT2D eigenvalue weighted by Crippen LogP contribution is 2.24. The third-order valence-corrected chi connectivity index (χ3v) is 5.36. The van der Waals surface area contributed by atoms with Crippen molar-refractivity contribution in [1.82, 2.24) is 10.2 Å². The van der Waals surface area contributed by atoms with Gasteiger partial charge in [0.15, 0.2) is 0 Å². The Morgan fingerprint density at radius 3 is 2.38 bits per heavy atom. The molecular weight excluding hydrogens is 390 g/mol. The summed E-state index contributed by atoms with van der Waals surface area (Å²) >= 11 is 0. The van der Waals surface area contributed by atoms with Crippen molar-refractivity contribution in [3.8, 4) is 0 Å². The molecule has 2 rings (SSSR count). The number of carbonyl (C=O) groups excluding carboxylic acids is 2. The van der Waals surface area contributed by atoms with E-state index in [1.807, 2.05) is 56.0 Å². The van der Waals surface area contributed by atoms with Gasteiger partial charge in [-0.25, -0.2) is 0 Å². The molecular formula is C22H36ClN3O3. The number of hydrogen-bond donors (Lipinski definition) is 2. The molecule has 1 aliphatic heterocycles. The third kappa shape index (κ3) is 7.96. The summed E-state index contributed by atoms with van der Waals surface area (Å²) in [7, 11) is 0. The Bertz CT molecular complexity index is 619. The van der Waals surface area contributed by atoms with Crippen LogP contribution in [0.2, 0.25) is 0 Å². The molecule has 1 saturated heterocycles. The third-order valence-electron chi connectivity index (χ3n) is 5.36. The van der Waals surface area contributed by atoms with Crippen molar-refractivity contribution in [3.63, 3.8) is 0 Å². The fourth-order valence-electron chi connectivity index (χ4n) is 3.51. The van der Waals surface area contributed by atoms with E-state index < -0.39 is 0 Å². The van der Waals surface area contributed by atoms with Crippen LogP contribution in [0.25, 0.3) is 0 Å². The van der Waals surface area contributed by atoms with Crippen molar-refractivity contribution in [2.75, 3.05) is 26.2 Å². The van der Waals surface area contributed by atoms with Crippen LogP contribution in [0.4, 0.5) is 0 Å². The van der Waals surface area contributed by atoms with Gasteiger partial charge in [-0.1, -0.05) is 37.3 Å². The molecule has 1 fully saturated rings. The summed E-state index contributed by atoms with van der Waals surface area (Å²) in [6.07, 6.45) is 2.44. The number of likely N-dealkylation sites (tertiary alicyclic amines) is 1. The Kier molecular flexibility index (Phi) is 11.2. The highest BCUT2D eigenvalue weighted by atomic mass is 35.5. The number of amides is 2. The van der Waals surface area contributed by atoms with Gasteiger partial charge in [0.05, 0.1) is 12.0 Å². The minimum absolute atomic E-state index is 0. The monoisotopic (exact) mass is 425 g/mol. The molecule has 2 unspecified atom stereocenters. The first-order valence-corrected chi connectivity index (χ1v) is 10.4. The van der Waals surface area contributed by atoms with Crippen LogP contribution in [-0.4, -0.2) is 49.1 Å². The number of halogens is 1. The first kappa shape index (κ1) is 25.4. The maximum absolute atomic E-state index is 12.8. The molecule has 2 amide bonds. The number of ether oxygens (including phenoxy) is 1. The summed E-state index contributed by atoms with van der Waals surface area (Å²) in [6.45, 7) is 8.40. The fraction of sp³-hybridized carbons (Fsp3) is 0.636. The van der Waals surface area contributed by atoms with Crippen LogP contribution in [-0.2, 0) is 14.3 Å². The molecule has 0 bridgehead atoms. The van der Waals surface area contributed by atoms with Crippen LogP contribution in [0.15, 0.2) is 30.3 Å². The zero-order valence-electron chi connectivity index (χ0n) is 17.8. The summed E-state index contributed by atoms with van der Waals surface area (Å²) in [5.41, 5.74) is 7.27. The smallest absolute Gasteiger partial charge is 0.227 e. The Balaban J connectivity index is 0.00000420. The molecule has 7 heteroatoms. The SMILES string of the molecule is CC(C)OCCCNC(=O)C1CCN(C(=O)C(C)C(N)c2ccccc2)CC1.Cl. The molecule has 0 aliphatic carbocycles. The molecule has 0 radical (unpaired) electrons. The van der Waals surface area contributed by atoms with Crippen molar-refractivity contribution >= 4 is 24.2 Å². The first-order chi connectivity index (χ1) is 13.4. The lowest BCUT2D eigenvalue weighted by atomic mass is 9.91. The Labute approximate surface area is 181 Å². The van der Waals surface area contributed by atoms with Crippen LogP contribution < -0.4 is 11.1 Å². The maximum Gasteiger partial charge on any atom is 0.227 e. The summed E-state index contributed by atoms with van der Waals surface area (Å²) in [5.74, 6) is -0.145. The number of nitrogens with zero attached hydrogens (tertiary/aromatic N) is 1. The van der Waals surface area contributed by atoms with Gasteiger partial charge in [0.25, 0.3) is 0 Å². The van der Waals surface area contributed by atoms with Crippen LogP contribution in [0.3, 0.4) is 0 Å². The molecule has 29 heavy (non-hydrogen) atoms. The van der Waals surface area contributed by atoms with Crippen molar-refractivity contribution in [1.29, 1.82) is 0 Å². The summed E-state index contributed by atoms with van der Waals surface area (Å²) < 4.78 is 5.48. The molecule has 1 heterocycles. The molecule has 1 aliphatic rings. The molecule has 1 aromatic rings. The zero-order chi connectivity index (χ0) is 20.5. The second-order valence-corrected chi connectivity index (χ2v) is 7.89. The van der Waals surface area contributed by atoms with Crippen molar-refractivity contribution < 1.29 is 14.3 Å². The van der Waals surface area contributed by atoms with E-state index in [1.54, 1.807) is 0 Å². The summed E-state index contributed by atoms with van der Waals surface area (Å²) in [5, 5.41) is 2.99. The van der Waals surface area contributed by atoms with E-state index in [9.17, 15) is 9.59 Å². The van der Waals surface area contributed by atoms with Crippen molar-refractivity contribution in [2.45, 2.75) is 52.2 Å². The predicted octanol–water partition coefficient (Wildman–Crippen LogP) is 2.91. The number of benzene rings is 1. The standard InChI is InChI=1S/C22H35N3O3.ClH/c1-16(2)28-15-7-12-24-21(26)19-10-13-25(14-11-19)22(27)17(3)20(23)18-8-5-4-6-9-18;/h4-6,8-9,16-17,19-20H,7,10-15,23H2,1-3H3,(H,24,26);1H. The summed E-state index contributed by atoms with van der Waals surface area (Å²) in [6, 6.07) is 9.41. The van der Waals surface area contributed by atoms with Gasteiger partial charge in [-0.05, 0) is 38.7 Å². The van der Waals surface area contributed by atoms with Gasteiger partial charge in [0.1, 0.15) is 0 Å². The average molecular weight is 426 g/mol. The number of rotatable bonds is 9. The Hall–Kier alpha value is -1.63. The van der Waals surface area contributed by atoms with E-state index in [-0.39, 0.29) is 48.2 Å². The van der Waals surface area contributed by atoms with E-state index in [4.69, 9.17) is 10.5 Å². The second-order valence-electron chi connectivity index (χ2n) is 7.89. The number of hydrogen-bond acceptors (Lipinski definition) is 4. The van der Waals surface area contributed by atoms with Crippen LogP contribution in [0, 0.1) is 11.8 Å². The Morgan fingerprint density at radius 1 is 1.17 bits per heavy atom. The van der Waals surface area contributed by atoms with E-state index in [0.29, 0.717) is 39.1 Å². The molecule has 3 N–H and O–H groups in total. The molecule has 1 aromatic carbocycles. The molecule has 0 spiro atoms. The number of carbonyl (C=O) groups is 2. The lowest BCUT2D eigenvalue weighted by Crippen LogP contribution is -2.46. The molecule has 0 saturated carbocycles. The fourth-order valence-corrected chi connectivity index (χ4v) is 3.51. The maximum atomic E-state index is 12.8. The second kappa shape index (κ2) is 12.8. The van der Waals surface area contributed by atoms with E-state index in [1.165, 1.54) is 0 Å².